The minimum atomic E-state index is -0.779. The van der Waals surface area contributed by atoms with Crippen LogP contribution in [-0.4, -0.2) is 49.3 Å². The van der Waals surface area contributed by atoms with Crippen LogP contribution in [0.25, 0.3) is 21.9 Å². The number of fused-ring (bicyclic) bond motifs is 1. The zero-order chi connectivity index (χ0) is 23.0. The molecule has 1 aliphatic heterocycles. The molecule has 0 aliphatic carbocycles. The first-order chi connectivity index (χ1) is 16.2. The molecule has 1 heterocycles. The van der Waals surface area contributed by atoms with Crippen LogP contribution in [0.4, 0.5) is 0 Å². The first kappa shape index (κ1) is 23.3. The van der Waals surface area contributed by atoms with Crippen molar-refractivity contribution in [2.75, 3.05) is 33.4 Å². The van der Waals surface area contributed by atoms with Crippen molar-refractivity contribution in [2.24, 2.45) is 0 Å². The Hall–Kier alpha value is -2.89. The monoisotopic (exact) mass is 447 g/mol. The molecule has 0 atom stereocenters. The highest BCUT2D eigenvalue weighted by Gasteiger charge is 2.13. The van der Waals surface area contributed by atoms with E-state index in [1.165, 1.54) is 32.4 Å². The highest BCUT2D eigenvalue weighted by molar-refractivity contribution is 5.99. The van der Waals surface area contributed by atoms with E-state index >= 15 is 0 Å². The molecule has 174 valence electrons. The number of piperidine rings is 1. The SMILES string of the molecule is COc1cc(COCCN2CCCCC2)ccc1-c1cccc2c(CCC(=O)O)cccc12. The van der Waals surface area contributed by atoms with Crippen LogP contribution in [0, 0.1) is 0 Å². The van der Waals surface area contributed by atoms with E-state index in [2.05, 4.69) is 41.3 Å². The lowest BCUT2D eigenvalue weighted by atomic mass is 9.93. The van der Waals surface area contributed by atoms with Crippen LogP contribution in [0.2, 0.25) is 0 Å². The normalized spacial score (nSPS) is 14.5. The lowest BCUT2D eigenvalue weighted by Gasteiger charge is -2.26. The number of rotatable bonds is 10. The number of hydrogen-bond acceptors (Lipinski definition) is 4. The highest BCUT2D eigenvalue weighted by Crippen LogP contribution is 2.37. The van der Waals surface area contributed by atoms with Gasteiger partial charge in [0.15, 0.2) is 0 Å². The van der Waals surface area contributed by atoms with E-state index in [9.17, 15) is 4.79 Å². The van der Waals surface area contributed by atoms with Gasteiger partial charge in [-0.15, -0.1) is 0 Å². The van der Waals surface area contributed by atoms with Crippen molar-refractivity contribution >= 4 is 16.7 Å². The fraction of sp³-hybridized carbons (Fsp3) is 0.393. The third-order valence-corrected chi connectivity index (χ3v) is 6.45. The lowest BCUT2D eigenvalue weighted by Crippen LogP contribution is -2.32. The van der Waals surface area contributed by atoms with E-state index in [0.29, 0.717) is 13.0 Å². The third kappa shape index (κ3) is 5.92. The second-order valence-electron chi connectivity index (χ2n) is 8.70. The summed E-state index contributed by atoms with van der Waals surface area (Å²) in [5.74, 6) is 0.0362. The van der Waals surface area contributed by atoms with Crippen LogP contribution in [0.5, 0.6) is 5.75 Å². The fourth-order valence-corrected chi connectivity index (χ4v) is 4.68. The molecule has 5 nitrogen and oxygen atoms in total. The molecule has 0 aromatic heterocycles. The van der Waals surface area contributed by atoms with Gasteiger partial charge in [0.25, 0.3) is 0 Å². The van der Waals surface area contributed by atoms with Crippen LogP contribution in [0.1, 0.15) is 36.8 Å². The topological polar surface area (TPSA) is 59.0 Å². The average molecular weight is 448 g/mol. The maximum Gasteiger partial charge on any atom is 0.303 e. The van der Waals surface area contributed by atoms with Gasteiger partial charge in [0.05, 0.1) is 20.3 Å². The van der Waals surface area contributed by atoms with E-state index < -0.39 is 5.97 Å². The molecule has 0 spiro atoms. The van der Waals surface area contributed by atoms with Gasteiger partial charge in [0.1, 0.15) is 5.75 Å². The summed E-state index contributed by atoms with van der Waals surface area (Å²) >= 11 is 0. The molecular weight excluding hydrogens is 414 g/mol. The number of carboxylic acids is 1. The predicted octanol–water partition coefficient (Wildman–Crippen LogP) is 5.54. The molecule has 1 aliphatic rings. The zero-order valence-corrected chi connectivity index (χ0v) is 19.4. The van der Waals surface area contributed by atoms with Crippen molar-refractivity contribution in [3.05, 3.63) is 65.7 Å². The van der Waals surface area contributed by atoms with Crippen LogP contribution in [0.15, 0.2) is 54.6 Å². The number of nitrogens with zero attached hydrogens (tertiary/aromatic N) is 1. The molecule has 0 radical (unpaired) electrons. The molecule has 0 saturated carbocycles. The standard InChI is InChI=1S/C28H33NO4/c1-32-27-19-21(20-33-18-17-29-15-3-2-4-16-29)11-13-26(27)25-10-6-8-23-22(12-14-28(30)31)7-5-9-24(23)25/h5-11,13,19H,2-4,12,14-18,20H2,1H3,(H,30,31). The molecule has 0 unspecified atom stereocenters. The van der Waals surface area contributed by atoms with Gasteiger partial charge in [-0.1, -0.05) is 55.0 Å². The summed E-state index contributed by atoms with van der Waals surface area (Å²) in [4.78, 5) is 13.5. The fourth-order valence-electron chi connectivity index (χ4n) is 4.68. The number of hydrogen-bond donors (Lipinski definition) is 1. The second-order valence-corrected chi connectivity index (χ2v) is 8.70. The number of benzene rings is 3. The minimum Gasteiger partial charge on any atom is -0.496 e. The Labute approximate surface area is 195 Å². The van der Waals surface area contributed by atoms with E-state index in [0.717, 1.165) is 51.9 Å². The number of carbonyl (C=O) groups is 1. The molecule has 4 rings (SSSR count). The van der Waals surface area contributed by atoms with Crippen LogP contribution in [0.3, 0.4) is 0 Å². The number of carboxylic acid groups (broad SMARTS) is 1. The van der Waals surface area contributed by atoms with Crippen LogP contribution < -0.4 is 4.74 Å². The van der Waals surface area contributed by atoms with Crippen molar-refractivity contribution < 1.29 is 19.4 Å². The summed E-state index contributed by atoms with van der Waals surface area (Å²) in [6.45, 7) is 4.69. The molecule has 0 bridgehead atoms. The van der Waals surface area contributed by atoms with Gasteiger partial charge in [-0.2, -0.15) is 0 Å². The number of likely N-dealkylation sites (tertiary alicyclic amines) is 1. The molecule has 1 N–H and O–H groups in total. The Morgan fingerprint density at radius 1 is 0.970 bits per heavy atom. The smallest absolute Gasteiger partial charge is 0.303 e. The Morgan fingerprint density at radius 3 is 2.55 bits per heavy atom. The van der Waals surface area contributed by atoms with Gasteiger partial charge in [-0.05, 0) is 65.9 Å². The van der Waals surface area contributed by atoms with Gasteiger partial charge >= 0.3 is 5.97 Å². The molecule has 1 fully saturated rings. The minimum absolute atomic E-state index is 0.124. The molecule has 5 heteroatoms. The molecule has 1 saturated heterocycles. The highest BCUT2D eigenvalue weighted by atomic mass is 16.5. The zero-order valence-electron chi connectivity index (χ0n) is 19.4. The Bertz CT molecular complexity index is 1090. The lowest BCUT2D eigenvalue weighted by molar-refractivity contribution is -0.136. The van der Waals surface area contributed by atoms with Crippen molar-refractivity contribution in [3.8, 4) is 16.9 Å². The average Bonchev–Trinajstić information content (AvgIpc) is 2.85. The van der Waals surface area contributed by atoms with Crippen LogP contribution in [-0.2, 0) is 22.6 Å². The van der Waals surface area contributed by atoms with E-state index in [1.807, 2.05) is 18.2 Å². The Morgan fingerprint density at radius 2 is 1.76 bits per heavy atom. The molecule has 3 aromatic rings. The van der Waals surface area contributed by atoms with Gasteiger partial charge in [0, 0.05) is 18.5 Å². The van der Waals surface area contributed by atoms with Gasteiger partial charge in [-0.3, -0.25) is 4.79 Å². The Kier molecular flexibility index (Phi) is 7.97. The van der Waals surface area contributed by atoms with Crippen molar-refractivity contribution in [1.82, 2.24) is 4.90 Å². The van der Waals surface area contributed by atoms with Crippen molar-refractivity contribution in [2.45, 2.75) is 38.7 Å². The van der Waals surface area contributed by atoms with Gasteiger partial charge < -0.3 is 19.5 Å². The maximum atomic E-state index is 11.1. The summed E-state index contributed by atoms with van der Waals surface area (Å²) in [7, 11) is 1.70. The summed E-state index contributed by atoms with van der Waals surface area (Å²) in [6.07, 6.45) is 4.59. The van der Waals surface area contributed by atoms with Crippen molar-refractivity contribution in [1.29, 1.82) is 0 Å². The first-order valence-electron chi connectivity index (χ1n) is 11.9. The largest absolute Gasteiger partial charge is 0.496 e. The first-order valence-corrected chi connectivity index (χ1v) is 11.9. The molecule has 33 heavy (non-hydrogen) atoms. The summed E-state index contributed by atoms with van der Waals surface area (Å²) < 4.78 is 11.7. The van der Waals surface area contributed by atoms with Crippen LogP contribution >= 0.6 is 0 Å². The molecular formula is C28H33NO4. The van der Waals surface area contributed by atoms with E-state index in [4.69, 9.17) is 14.6 Å². The number of methoxy groups -OCH3 is 1. The summed E-state index contributed by atoms with van der Waals surface area (Å²) in [5.41, 5.74) is 4.25. The molecule has 3 aromatic carbocycles. The third-order valence-electron chi connectivity index (χ3n) is 6.45. The second kappa shape index (κ2) is 11.3. The van der Waals surface area contributed by atoms with Gasteiger partial charge in [0.2, 0.25) is 0 Å². The van der Waals surface area contributed by atoms with Gasteiger partial charge in [-0.25, -0.2) is 0 Å². The summed E-state index contributed by atoms with van der Waals surface area (Å²) in [6, 6.07) is 18.5. The van der Waals surface area contributed by atoms with Crippen molar-refractivity contribution in [3.63, 3.8) is 0 Å². The van der Waals surface area contributed by atoms with E-state index in [1.54, 1.807) is 7.11 Å². The number of aryl methyl sites for hydroxylation is 1. The maximum absolute atomic E-state index is 11.1. The number of aliphatic carboxylic acids is 1. The quantitative estimate of drug-likeness (QED) is 0.414. The number of ether oxygens (including phenoxy) is 2. The Balaban J connectivity index is 1.50. The van der Waals surface area contributed by atoms with E-state index in [-0.39, 0.29) is 6.42 Å². The summed E-state index contributed by atoms with van der Waals surface area (Å²) in [5, 5.41) is 11.3. The predicted molar refractivity (Wildman–Crippen MR) is 132 cm³/mol. The molecule has 0 amide bonds.